The number of rotatable bonds is 6. The molecule has 1 saturated carbocycles. The fraction of sp³-hybridized carbons (Fsp3) is 0.308. The largest absolute Gasteiger partial charge is 0.468 e. The van der Waals surface area contributed by atoms with Crippen molar-refractivity contribution in [1.29, 1.82) is 0 Å². The van der Waals surface area contributed by atoms with Gasteiger partial charge in [0.15, 0.2) is 17.3 Å². The first-order valence-electron chi connectivity index (χ1n) is 11.8. The summed E-state index contributed by atoms with van der Waals surface area (Å²) < 4.78 is 9.77. The maximum absolute atomic E-state index is 6.28. The summed E-state index contributed by atoms with van der Waals surface area (Å²) in [7, 11) is 1.86. The van der Waals surface area contributed by atoms with Crippen LogP contribution in [0.4, 0.5) is 0 Å². The fourth-order valence-electron chi connectivity index (χ4n) is 4.91. The van der Waals surface area contributed by atoms with Gasteiger partial charge in [0.25, 0.3) is 0 Å². The zero-order valence-corrected chi connectivity index (χ0v) is 19.8. The Morgan fingerprint density at radius 3 is 2.60 bits per heavy atom. The van der Waals surface area contributed by atoms with Crippen LogP contribution in [0, 0.1) is 0 Å². The maximum atomic E-state index is 6.28. The molecule has 9 nitrogen and oxygen atoms in total. The van der Waals surface area contributed by atoms with Crippen molar-refractivity contribution in [3.63, 3.8) is 0 Å². The number of pyridine rings is 1. The van der Waals surface area contributed by atoms with Gasteiger partial charge in [-0.25, -0.2) is 4.98 Å². The summed E-state index contributed by atoms with van der Waals surface area (Å²) in [5.41, 5.74) is 4.80. The molecule has 1 aliphatic carbocycles. The lowest BCUT2D eigenvalue weighted by atomic mass is 9.81. The monoisotopic (exact) mass is 466 g/mol. The zero-order chi connectivity index (χ0) is 23.8. The Labute approximate surface area is 202 Å². The Bertz CT molecular complexity index is 1480. The van der Waals surface area contributed by atoms with Crippen LogP contribution in [0.5, 0.6) is 5.88 Å². The predicted molar refractivity (Wildman–Crippen MR) is 131 cm³/mol. The van der Waals surface area contributed by atoms with E-state index in [1.807, 2.05) is 37.5 Å². The van der Waals surface area contributed by atoms with Crippen molar-refractivity contribution in [3.05, 3.63) is 72.6 Å². The second-order valence-electron chi connectivity index (χ2n) is 9.34. The molecule has 1 aliphatic rings. The van der Waals surface area contributed by atoms with Crippen LogP contribution in [0.25, 0.3) is 28.2 Å². The summed E-state index contributed by atoms with van der Waals surface area (Å²) in [6, 6.07) is 14.2. The van der Waals surface area contributed by atoms with Gasteiger partial charge in [0.05, 0.1) is 0 Å². The third-order valence-corrected chi connectivity index (χ3v) is 6.98. The molecule has 0 amide bonds. The van der Waals surface area contributed by atoms with Gasteiger partial charge < -0.3 is 4.74 Å². The second kappa shape index (κ2) is 8.57. The van der Waals surface area contributed by atoms with Gasteiger partial charge in [0.1, 0.15) is 12.9 Å². The topological polar surface area (TPSA) is 95.9 Å². The maximum Gasteiger partial charge on any atom is 0.236 e. The summed E-state index contributed by atoms with van der Waals surface area (Å²) in [4.78, 5) is 8.54. The van der Waals surface area contributed by atoms with Crippen LogP contribution >= 0.6 is 0 Å². The number of hydrogen-bond donors (Lipinski definition) is 0. The van der Waals surface area contributed by atoms with Crippen LogP contribution < -0.4 is 4.74 Å². The lowest BCUT2D eigenvalue weighted by Gasteiger charge is -2.25. The van der Waals surface area contributed by atoms with Gasteiger partial charge in [-0.3, -0.25) is 9.67 Å². The molecule has 4 heterocycles. The van der Waals surface area contributed by atoms with Crippen molar-refractivity contribution in [1.82, 2.24) is 39.6 Å². The van der Waals surface area contributed by atoms with Gasteiger partial charge in [-0.2, -0.15) is 9.61 Å². The van der Waals surface area contributed by atoms with Gasteiger partial charge in [-0.05, 0) is 42.0 Å². The second-order valence-corrected chi connectivity index (χ2v) is 9.34. The first-order chi connectivity index (χ1) is 17.1. The molecule has 6 rings (SSSR count). The number of aromatic nitrogens is 8. The number of nitrogens with zero attached hydrogens (tertiary/aromatic N) is 8. The van der Waals surface area contributed by atoms with Crippen LogP contribution in [0.15, 0.2) is 61.2 Å². The molecule has 0 unspecified atom stereocenters. The molecule has 0 bridgehead atoms. The highest BCUT2D eigenvalue weighted by Gasteiger charge is 2.35. The SMILES string of the molecule is Cn1ncnc1COc1nn2c(-c3cccc(-c4cccnc4)c3)nnc2cc1C1(C)CCCC1. The molecule has 0 spiro atoms. The van der Waals surface area contributed by atoms with Crippen molar-refractivity contribution < 1.29 is 4.74 Å². The number of benzene rings is 1. The van der Waals surface area contributed by atoms with E-state index in [2.05, 4.69) is 50.4 Å². The highest BCUT2D eigenvalue weighted by atomic mass is 16.5. The standard InChI is InChI=1S/C26H26N8O/c1-26(10-3-4-11-26)21-14-22-30-31-24(19-8-5-7-18(13-19)20-9-6-12-27-15-20)34(22)32-25(21)35-16-23-28-17-29-33(23)2/h5-9,12-15,17H,3-4,10-11,16H2,1-2H3. The molecule has 1 fully saturated rings. The van der Waals surface area contributed by atoms with Crippen molar-refractivity contribution in [3.8, 4) is 28.4 Å². The molecule has 176 valence electrons. The number of ether oxygens (including phenoxy) is 1. The lowest BCUT2D eigenvalue weighted by Crippen LogP contribution is -2.20. The summed E-state index contributed by atoms with van der Waals surface area (Å²) in [6.45, 7) is 2.57. The average Bonchev–Trinajstić information content (AvgIpc) is 3.63. The van der Waals surface area contributed by atoms with Crippen molar-refractivity contribution in [2.45, 2.75) is 44.6 Å². The van der Waals surface area contributed by atoms with E-state index in [9.17, 15) is 0 Å². The van der Waals surface area contributed by atoms with E-state index in [0.29, 0.717) is 17.4 Å². The van der Waals surface area contributed by atoms with Crippen molar-refractivity contribution >= 4 is 5.65 Å². The molecule has 35 heavy (non-hydrogen) atoms. The summed E-state index contributed by atoms with van der Waals surface area (Å²) in [5, 5.41) is 18.1. The first kappa shape index (κ1) is 21.4. The molecule has 5 aromatic rings. The fourth-order valence-corrected chi connectivity index (χ4v) is 4.91. The Hall–Kier alpha value is -4.14. The van der Waals surface area contributed by atoms with E-state index in [-0.39, 0.29) is 12.0 Å². The van der Waals surface area contributed by atoms with E-state index in [1.165, 1.54) is 19.2 Å². The number of fused-ring (bicyclic) bond motifs is 1. The molecule has 9 heteroatoms. The zero-order valence-electron chi connectivity index (χ0n) is 19.8. The molecule has 0 N–H and O–H groups in total. The van der Waals surface area contributed by atoms with E-state index in [1.54, 1.807) is 15.4 Å². The van der Waals surface area contributed by atoms with Crippen LogP contribution in [0.3, 0.4) is 0 Å². The molecule has 0 aliphatic heterocycles. The van der Waals surface area contributed by atoms with Gasteiger partial charge in [-0.1, -0.05) is 44.0 Å². The molecule has 4 aromatic heterocycles. The Morgan fingerprint density at radius 2 is 1.83 bits per heavy atom. The number of aryl methyl sites for hydroxylation is 1. The minimum atomic E-state index is -0.00366. The minimum absolute atomic E-state index is 0.00366. The van der Waals surface area contributed by atoms with Crippen molar-refractivity contribution in [2.75, 3.05) is 0 Å². The van der Waals surface area contributed by atoms with Crippen LogP contribution in [-0.2, 0) is 19.1 Å². The van der Waals surface area contributed by atoms with Gasteiger partial charge in [0.2, 0.25) is 5.88 Å². The van der Waals surface area contributed by atoms with Gasteiger partial charge >= 0.3 is 0 Å². The highest BCUT2D eigenvalue weighted by Crippen LogP contribution is 2.44. The molecule has 0 saturated heterocycles. The first-order valence-corrected chi connectivity index (χ1v) is 11.8. The van der Waals surface area contributed by atoms with Crippen LogP contribution in [-0.4, -0.2) is 39.6 Å². The van der Waals surface area contributed by atoms with Gasteiger partial charge in [-0.15, -0.1) is 15.3 Å². The molecule has 1 aromatic carbocycles. The smallest absolute Gasteiger partial charge is 0.236 e. The summed E-state index contributed by atoms with van der Waals surface area (Å²) in [6.07, 6.45) is 9.74. The average molecular weight is 467 g/mol. The van der Waals surface area contributed by atoms with Gasteiger partial charge in [0, 0.05) is 36.1 Å². The van der Waals surface area contributed by atoms with Crippen LogP contribution in [0.1, 0.15) is 44.0 Å². The van der Waals surface area contributed by atoms with Crippen molar-refractivity contribution in [2.24, 2.45) is 7.05 Å². The third kappa shape index (κ3) is 3.92. The normalized spacial score (nSPS) is 15.0. The molecular formula is C26H26N8O. The minimum Gasteiger partial charge on any atom is -0.468 e. The Kier molecular flexibility index (Phi) is 5.24. The third-order valence-electron chi connectivity index (χ3n) is 6.98. The Balaban J connectivity index is 1.44. The summed E-state index contributed by atoms with van der Waals surface area (Å²) >= 11 is 0. The van der Waals surface area contributed by atoms with E-state index in [0.717, 1.165) is 40.9 Å². The quantitative estimate of drug-likeness (QED) is 0.366. The van der Waals surface area contributed by atoms with E-state index < -0.39 is 0 Å². The molecule has 0 radical (unpaired) electrons. The van der Waals surface area contributed by atoms with E-state index >= 15 is 0 Å². The summed E-state index contributed by atoms with van der Waals surface area (Å²) in [5.74, 6) is 1.99. The van der Waals surface area contributed by atoms with E-state index in [4.69, 9.17) is 9.84 Å². The number of hydrogen-bond acceptors (Lipinski definition) is 7. The lowest BCUT2D eigenvalue weighted by molar-refractivity contribution is 0.263. The van der Waals surface area contributed by atoms with Crippen LogP contribution in [0.2, 0.25) is 0 Å². The molecular weight excluding hydrogens is 440 g/mol. The molecule has 0 atom stereocenters. The predicted octanol–water partition coefficient (Wildman–Crippen LogP) is 4.39. The highest BCUT2D eigenvalue weighted by molar-refractivity contribution is 5.70. The Morgan fingerprint density at radius 1 is 1.00 bits per heavy atom.